The topological polar surface area (TPSA) is 100 Å². The summed E-state index contributed by atoms with van der Waals surface area (Å²) in [5, 5.41) is 26.6. The lowest BCUT2D eigenvalue weighted by Gasteiger charge is -2.37. The quantitative estimate of drug-likeness (QED) is 0.195. The fourth-order valence-electron chi connectivity index (χ4n) is 4.23. The first-order valence-corrected chi connectivity index (χ1v) is 12.7. The molecule has 5 N–H and O–H groups in total. The molecule has 1 aliphatic rings. The van der Waals surface area contributed by atoms with E-state index in [1.54, 1.807) is 11.0 Å². The van der Waals surface area contributed by atoms with Crippen molar-refractivity contribution in [2.24, 2.45) is 0 Å². The van der Waals surface area contributed by atoms with E-state index in [2.05, 4.69) is 16.0 Å². The molecule has 0 unspecified atom stereocenters. The van der Waals surface area contributed by atoms with Gasteiger partial charge in [0, 0.05) is 56.4 Å². The maximum absolute atomic E-state index is 15.0. The molecule has 1 aliphatic heterocycles. The number of hydrogen-bond donors (Lipinski definition) is 5. The third-order valence-corrected chi connectivity index (χ3v) is 6.46. The zero-order valence-corrected chi connectivity index (χ0v) is 21.8. The number of hydrogen-bond acceptors (Lipinski definition) is 7. The van der Waals surface area contributed by atoms with Gasteiger partial charge in [0.25, 0.3) is 5.91 Å². The van der Waals surface area contributed by atoms with Gasteiger partial charge in [0.1, 0.15) is 0 Å². The van der Waals surface area contributed by atoms with Crippen LogP contribution in [-0.4, -0.2) is 86.2 Å². The van der Waals surface area contributed by atoms with Gasteiger partial charge >= 0.3 is 6.18 Å². The van der Waals surface area contributed by atoms with Crippen molar-refractivity contribution in [1.29, 1.82) is 0 Å². The molecule has 0 radical (unpaired) electrons. The predicted octanol–water partition coefficient (Wildman–Crippen LogP) is 3.11. The standard InChI is InChI=1S/C25H31ClF5N5O3/c26-16-1-4-19(20(15-16)36-11-9-35(10-12-36)8-5-25(29,30)31)34-24(39)18-3-2-17(21(27)22(18)28)23(32-6-13-37)33-7-14-38/h1-4,15,23,32-33,37-38H,5-14H2,(H,34,39). The zero-order valence-electron chi connectivity index (χ0n) is 21.0. The fourth-order valence-corrected chi connectivity index (χ4v) is 4.40. The van der Waals surface area contributed by atoms with Crippen LogP contribution in [0.1, 0.15) is 28.5 Å². The summed E-state index contributed by atoms with van der Waals surface area (Å²) in [6.07, 6.45) is -6.06. The van der Waals surface area contributed by atoms with Crippen molar-refractivity contribution in [3.05, 3.63) is 58.1 Å². The molecule has 2 aromatic carbocycles. The van der Waals surface area contributed by atoms with E-state index in [1.165, 1.54) is 18.2 Å². The lowest BCUT2D eigenvalue weighted by atomic mass is 10.1. The van der Waals surface area contributed by atoms with Crippen LogP contribution in [0.5, 0.6) is 0 Å². The Morgan fingerprint density at radius 1 is 0.974 bits per heavy atom. The van der Waals surface area contributed by atoms with Crippen LogP contribution in [0.25, 0.3) is 0 Å². The summed E-state index contributed by atoms with van der Waals surface area (Å²) < 4.78 is 67.7. The lowest BCUT2D eigenvalue weighted by Crippen LogP contribution is -2.47. The Morgan fingerprint density at radius 3 is 2.21 bits per heavy atom. The minimum atomic E-state index is -4.23. The molecule has 39 heavy (non-hydrogen) atoms. The first-order valence-electron chi connectivity index (χ1n) is 12.4. The molecule has 2 aromatic rings. The molecule has 8 nitrogen and oxygen atoms in total. The van der Waals surface area contributed by atoms with Gasteiger partial charge in [-0.3, -0.25) is 20.3 Å². The lowest BCUT2D eigenvalue weighted by molar-refractivity contribution is -0.138. The van der Waals surface area contributed by atoms with Crippen LogP contribution in [0.3, 0.4) is 0 Å². The molecule has 0 saturated carbocycles. The molecular formula is C25H31ClF5N5O3. The molecule has 0 aliphatic carbocycles. The molecule has 0 aromatic heterocycles. The third-order valence-electron chi connectivity index (χ3n) is 6.22. The second kappa shape index (κ2) is 14.2. The largest absolute Gasteiger partial charge is 0.395 e. The molecular weight excluding hydrogens is 549 g/mol. The molecule has 3 rings (SSSR count). The Morgan fingerprint density at radius 2 is 1.62 bits per heavy atom. The molecule has 0 atom stereocenters. The number of rotatable bonds is 12. The number of aliphatic hydroxyl groups is 2. The highest BCUT2D eigenvalue weighted by Gasteiger charge is 2.29. The SMILES string of the molecule is O=C(Nc1ccc(Cl)cc1N1CCN(CCC(F)(F)F)CC1)c1ccc(C(NCCO)NCCO)c(F)c1F. The van der Waals surface area contributed by atoms with E-state index in [-0.39, 0.29) is 44.1 Å². The molecule has 216 valence electrons. The van der Waals surface area contributed by atoms with Crippen molar-refractivity contribution >= 4 is 28.9 Å². The molecule has 0 bridgehead atoms. The maximum atomic E-state index is 15.0. The third kappa shape index (κ3) is 8.72. The minimum Gasteiger partial charge on any atom is -0.395 e. The first-order chi connectivity index (χ1) is 18.5. The van der Waals surface area contributed by atoms with Gasteiger partial charge in [-0.05, 0) is 24.3 Å². The Hall–Kier alpha value is -2.55. The summed E-state index contributed by atoms with van der Waals surface area (Å²) in [4.78, 5) is 16.5. The molecule has 1 fully saturated rings. The number of carbonyl (C=O) groups is 1. The van der Waals surface area contributed by atoms with Gasteiger partial charge in [-0.25, -0.2) is 8.78 Å². The van der Waals surface area contributed by atoms with Crippen molar-refractivity contribution in [3.8, 4) is 0 Å². The molecule has 1 amide bonds. The summed E-state index contributed by atoms with van der Waals surface area (Å²) in [5.41, 5.74) is 0.105. The van der Waals surface area contributed by atoms with Crippen LogP contribution in [-0.2, 0) is 0 Å². The summed E-state index contributed by atoms with van der Waals surface area (Å²) >= 11 is 6.16. The van der Waals surface area contributed by atoms with Gasteiger partial charge in [0.2, 0.25) is 0 Å². The number of amides is 1. The van der Waals surface area contributed by atoms with Crippen LogP contribution >= 0.6 is 11.6 Å². The van der Waals surface area contributed by atoms with Crippen LogP contribution in [0.15, 0.2) is 30.3 Å². The van der Waals surface area contributed by atoms with Crippen molar-refractivity contribution in [1.82, 2.24) is 15.5 Å². The Labute approximate surface area is 227 Å². The van der Waals surface area contributed by atoms with Crippen LogP contribution in [0, 0.1) is 11.6 Å². The monoisotopic (exact) mass is 579 g/mol. The molecule has 14 heteroatoms. The van der Waals surface area contributed by atoms with Crippen LogP contribution in [0.2, 0.25) is 5.02 Å². The van der Waals surface area contributed by atoms with Crippen molar-refractivity contribution in [2.45, 2.75) is 18.8 Å². The Bertz CT molecular complexity index is 1110. The summed E-state index contributed by atoms with van der Waals surface area (Å²) in [7, 11) is 0. The Kier molecular flexibility index (Phi) is 11.3. The average Bonchev–Trinajstić information content (AvgIpc) is 2.90. The van der Waals surface area contributed by atoms with Crippen LogP contribution < -0.4 is 20.9 Å². The molecule has 1 saturated heterocycles. The van der Waals surface area contributed by atoms with E-state index in [0.717, 1.165) is 6.07 Å². The number of alkyl halides is 3. The molecule has 1 heterocycles. The van der Waals surface area contributed by atoms with Gasteiger partial charge in [0.05, 0.1) is 42.7 Å². The number of aliphatic hydroxyl groups excluding tert-OH is 2. The second-order valence-electron chi connectivity index (χ2n) is 8.93. The van der Waals surface area contributed by atoms with Gasteiger partial charge < -0.3 is 20.4 Å². The number of anilines is 2. The van der Waals surface area contributed by atoms with Gasteiger partial charge in [-0.1, -0.05) is 17.7 Å². The minimum absolute atomic E-state index is 0.0718. The number of halogens is 6. The highest BCUT2D eigenvalue weighted by molar-refractivity contribution is 6.31. The first kappa shape index (κ1) is 31.0. The second-order valence-corrected chi connectivity index (χ2v) is 9.36. The smallest absolute Gasteiger partial charge is 0.390 e. The number of nitrogens with one attached hydrogen (secondary N) is 3. The van der Waals surface area contributed by atoms with Gasteiger partial charge in [-0.15, -0.1) is 0 Å². The van der Waals surface area contributed by atoms with Gasteiger partial charge in [0.15, 0.2) is 11.6 Å². The van der Waals surface area contributed by atoms with E-state index in [1.807, 2.05) is 4.90 Å². The van der Waals surface area contributed by atoms with E-state index in [0.29, 0.717) is 36.9 Å². The highest BCUT2D eigenvalue weighted by atomic mass is 35.5. The van der Waals surface area contributed by atoms with Crippen molar-refractivity contribution < 1.29 is 37.0 Å². The predicted molar refractivity (Wildman–Crippen MR) is 138 cm³/mol. The van der Waals surface area contributed by atoms with E-state index >= 15 is 8.78 Å². The van der Waals surface area contributed by atoms with E-state index in [4.69, 9.17) is 21.8 Å². The number of carbonyl (C=O) groups excluding carboxylic acids is 1. The number of benzene rings is 2. The highest BCUT2D eigenvalue weighted by Crippen LogP contribution is 2.32. The summed E-state index contributed by atoms with van der Waals surface area (Å²) in [5.74, 6) is -3.55. The summed E-state index contributed by atoms with van der Waals surface area (Å²) in [6, 6.07) is 6.99. The zero-order chi connectivity index (χ0) is 28.6. The fraction of sp³-hybridized carbons (Fsp3) is 0.480. The van der Waals surface area contributed by atoms with E-state index in [9.17, 15) is 18.0 Å². The molecule has 0 spiro atoms. The van der Waals surface area contributed by atoms with Crippen LogP contribution in [0.4, 0.5) is 33.3 Å². The van der Waals surface area contributed by atoms with E-state index < -0.39 is 41.9 Å². The maximum Gasteiger partial charge on any atom is 0.390 e. The summed E-state index contributed by atoms with van der Waals surface area (Å²) in [6.45, 7) is 1.01. The normalized spacial score (nSPS) is 14.7. The van der Waals surface area contributed by atoms with Crippen molar-refractivity contribution in [3.63, 3.8) is 0 Å². The number of nitrogens with zero attached hydrogens (tertiary/aromatic N) is 2. The number of piperazine rings is 1. The van der Waals surface area contributed by atoms with Crippen molar-refractivity contribution in [2.75, 3.05) is 69.2 Å². The average molecular weight is 580 g/mol. The van der Waals surface area contributed by atoms with Gasteiger partial charge in [-0.2, -0.15) is 13.2 Å². The Balaban J connectivity index is 1.75.